The van der Waals surface area contributed by atoms with Crippen LogP contribution in [-0.4, -0.2) is 41.5 Å². The van der Waals surface area contributed by atoms with Gasteiger partial charge in [0.2, 0.25) is 0 Å². The molecule has 0 spiro atoms. The van der Waals surface area contributed by atoms with E-state index in [1.165, 1.54) is 6.07 Å². The Labute approximate surface area is 129 Å². The third-order valence-electron chi connectivity index (χ3n) is 3.16. The van der Waals surface area contributed by atoms with E-state index in [2.05, 4.69) is 5.16 Å². The molecule has 1 N–H and O–H groups in total. The maximum absolute atomic E-state index is 13.4. The first kappa shape index (κ1) is 16.6. The fraction of sp³-hybridized carbons (Fsp3) is 0.438. The molecule has 0 aliphatic rings. The van der Waals surface area contributed by atoms with E-state index in [0.717, 1.165) is 11.5 Å². The third kappa shape index (κ3) is 5.22. The van der Waals surface area contributed by atoms with Crippen LogP contribution in [-0.2, 0) is 17.9 Å². The molecule has 1 unspecified atom stereocenters. The van der Waals surface area contributed by atoms with E-state index < -0.39 is 6.10 Å². The number of hydrogen-bond donors (Lipinski definition) is 1. The molecule has 0 bridgehead atoms. The molecule has 0 aliphatic heterocycles. The molecule has 0 radical (unpaired) electrons. The minimum absolute atomic E-state index is 0.149. The van der Waals surface area contributed by atoms with Gasteiger partial charge in [0.1, 0.15) is 11.6 Å². The Bertz CT molecular complexity index is 588. The predicted octanol–water partition coefficient (Wildman–Crippen LogP) is 2.13. The fourth-order valence-corrected chi connectivity index (χ4v) is 2.17. The van der Waals surface area contributed by atoms with Crippen LogP contribution in [0, 0.1) is 12.7 Å². The Balaban J connectivity index is 1.69. The van der Waals surface area contributed by atoms with Gasteiger partial charge in [0.05, 0.1) is 25.0 Å². The van der Waals surface area contributed by atoms with E-state index in [9.17, 15) is 9.50 Å². The monoisotopic (exact) mass is 308 g/mol. The standard InChI is InChI=1S/C16H21FN2O3/c1-12-7-14(18-22-12)8-19(2)9-15(20)11-21-10-13-5-3-4-6-16(13)17/h3-7,15,20H,8-11H2,1-2H3. The van der Waals surface area contributed by atoms with Crippen LogP contribution in [0.4, 0.5) is 4.39 Å². The van der Waals surface area contributed by atoms with Crippen LogP contribution in [0.2, 0.25) is 0 Å². The molecule has 0 amide bonds. The average molecular weight is 308 g/mol. The van der Waals surface area contributed by atoms with Crippen molar-refractivity contribution in [2.24, 2.45) is 0 Å². The summed E-state index contributed by atoms with van der Waals surface area (Å²) in [6.07, 6.45) is -0.648. The highest BCUT2D eigenvalue weighted by Gasteiger charge is 2.11. The summed E-state index contributed by atoms with van der Waals surface area (Å²) >= 11 is 0. The molecule has 2 rings (SSSR count). The molecule has 22 heavy (non-hydrogen) atoms. The van der Waals surface area contributed by atoms with Gasteiger partial charge in [0.25, 0.3) is 0 Å². The molecule has 120 valence electrons. The number of nitrogens with zero attached hydrogens (tertiary/aromatic N) is 2. The van der Waals surface area contributed by atoms with Crippen molar-refractivity contribution in [2.75, 3.05) is 20.2 Å². The smallest absolute Gasteiger partial charge is 0.133 e. The van der Waals surface area contributed by atoms with Crippen LogP contribution in [0.25, 0.3) is 0 Å². The number of ether oxygens (including phenoxy) is 1. The zero-order chi connectivity index (χ0) is 15.9. The van der Waals surface area contributed by atoms with E-state index in [4.69, 9.17) is 9.26 Å². The summed E-state index contributed by atoms with van der Waals surface area (Å²) in [4.78, 5) is 1.93. The minimum atomic E-state index is -0.648. The van der Waals surface area contributed by atoms with E-state index in [1.807, 2.05) is 24.9 Å². The van der Waals surface area contributed by atoms with Crippen LogP contribution < -0.4 is 0 Å². The lowest BCUT2D eigenvalue weighted by molar-refractivity contribution is 0.0116. The van der Waals surface area contributed by atoms with E-state index in [1.54, 1.807) is 18.2 Å². The Hall–Kier alpha value is -1.76. The summed E-state index contributed by atoms with van der Waals surface area (Å²) in [6, 6.07) is 8.31. The van der Waals surface area contributed by atoms with E-state index in [-0.39, 0.29) is 19.0 Å². The Kier molecular flexibility index (Phi) is 6.06. The molecule has 1 aromatic heterocycles. The molecule has 6 heteroatoms. The Morgan fingerprint density at radius 2 is 2.18 bits per heavy atom. The van der Waals surface area contributed by atoms with Gasteiger partial charge in [0, 0.05) is 24.7 Å². The number of aromatic nitrogens is 1. The highest BCUT2D eigenvalue weighted by molar-refractivity contribution is 5.16. The van der Waals surface area contributed by atoms with Crippen molar-refractivity contribution in [1.29, 1.82) is 0 Å². The van der Waals surface area contributed by atoms with Crippen molar-refractivity contribution in [3.63, 3.8) is 0 Å². The lowest BCUT2D eigenvalue weighted by atomic mass is 10.2. The lowest BCUT2D eigenvalue weighted by Gasteiger charge is -2.19. The second-order valence-corrected chi connectivity index (χ2v) is 5.39. The third-order valence-corrected chi connectivity index (χ3v) is 3.16. The van der Waals surface area contributed by atoms with Crippen LogP contribution in [0.3, 0.4) is 0 Å². The second-order valence-electron chi connectivity index (χ2n) is 5.39. The summed E-state index contributed by atoms with van der Waals surface area (Å²) in [5, 5.41) is 13.8. The van der Waals surface area contributed by atoms with Crippen molar-refractivity contribution in [3.05, 3.63) is 53.2 Å². The number of hydrogen-bond acceptors (Lipinski definition) is 5. The summed E-state index contributed by atoms with van der Waals surface area (Å²) < 4.78 is 23.8. The van der Waals surface area contributed by atoms with Gasteiger partial charge in [-0.05, 0) is 20.0 Å². The van der Waals surface area contributed by atoms with Crippen LogP contribution >= 0.6 is 0 Å². The molecule has 0 saturated carbocycles. The van der Waals surface area contributed by atoms with Gasteiger partial charge in [-0.25, -0.2) is 4.39 Å². The number of aryl methyl sites for hydroxylation is 1. The molecular weight excluding hydrogens is 287 g/mol. The molecule has 2 aromatic rings. The molecule has 1 heterocycles. The predicted molar refractivity (Wildman–Crippen MR) is 79.6 cm³/mol. The van der Waals surface area contributed by atoms with E-state index in [0.29, 0.717) is 18.7 Å². The average Bonchev–Trinajstić information content (AvgIpc) is 2.86. The highest BCUT2D eigenvalue weighted by atomic mass is 19.1. The lowest BCUT2D eigenvalue weighted by Crippen LogP contribution is -2.32. The number of halogens is 1. The topological polar surface area (TPSA) is 58.7 Å². The molecule has 5 nitrogen and oxygen atoms in total. The summed E-state index contributed by atoms with van der Waals surface area (Å²) in [6.45, 7) is 3.15. The van der Waals surface area contributed by atoms with E-state index >= 15 is 0 Å². The van der Waals surface area contributed by atoms with Crippen molar-refractivity contribution in [3.8, 4) is 0 Å². The van der Waals surface area contributed by atoms with Gasteiger partial charge in [-0.2, -0.15) is 0 Å². The number of aliphatic hydroxyl groups is 1. The molecule has 0 saturated heterocycles. The zero-order valence-electron chi connectivity index (χ0n) is 12.8. The van der Waals surface area contributed by atoms with Gasteiger partial charge >= 0.3 is 0 Å². The molecule has 1 aromatic carbocycles. The van der Waals surface area contributed by atoms with Gasteiger partial charge in [0.15, 0.2) is 0 Å². The summed E-state index contributed by atoms with van der Waals surface area (Å²) in [5.41, 5.74) is 1.31. The van der Waals surface area contributed by atoms with Gasteiger partial charge in [-0.3, -0.25) is 4.90 Å². The maximum Gasteiger partial charge on any atom is 0.133 e. The van der Waals surface area contributed by atoms with Crippen molar-refractivity contribution in [2.45, 2.75) is 26.2 Å². The van der Waals surface area contributed by atoms with Gasteiger partial charge in [-0.1, -0.05) is 23.4 Å². The maximum atomic E-state index is 13.4. The van der Waals surface area contributed by atoms with Gasteiger partial charge in [-0.15, -0.1) is 0 Å². The molecule has 0 fully saturated rings. The molecule has 0 aliphatic carbocycles. The first-order chi connectivity index (χ1) is 10.5. The number of aliphatic hydroxyl groups excluding tert-OH is 1. The summed E-state index contributed by atoms with van der Waals surface area (Å²) in [5.74, 6) is 0.465. The normalized spacial score (nSPS) is 12.8. The van der Waals surface area contributed by atoms with Crippen LogP contribution in [0.1, 0.15) is 17.0 Å². The Morgan fingerprint density at radius 1 is 1.41 bits per heavy atom. The quantitative estimate of drug-likeness (QED) is 0.809. The van der Waals surface area contributed by atoms with Crippen molar-refractivity contribution >= 4 is 0 Å². The first-order valence-corrected chi connectivity index (χ1v) is 7.14. The minimum Gasteiger partial charge on any atom is -0.389 e. The van der Waals surface area contributed by atoms with Crippen molar-refractivity contribution in [1.82, 2.24) is 10.1 Å². The second kappa shape index (κ2) is 8.03. The van der Waals surface area contributed by atoms with Crippen molar-refractivity contribution < 1.29 is 18.8 Å². The summed E-state index contributed by atoms with van der Waals surface area (Å²) in [7, 11) is 1.88. The Morgan fingerprint density at radius 3 is 2.86 bits per heavy atom. The SMILES string of the molecule is Cc1cc(CN(C)CC(O)COCc2ccccc2F)no1. The number of likely N-dealkylation sites (N-methyl/N-ethyl adjacent to an activating group) is 1. The zero-order valence-corrected chi connectivity index (χ0v) is 12.8. The first-order valence-electron chi connectivity index (χ1n) is 7.14. The highest BCUT2D eigenvalue weighted by Crippen LogP contribution is 2.08. The fourth-order valence-electron chi connectivity index (χ4n) is 2.17. The largest absolute Gasteiger partial charge is 0.389 e. The molecular formula is C16H21FN2O3. The number of benzene rings is 1. The molecule has 1 atom stereocenters. The number of rotatable bonds is 8. The van der Waals surface area contributed by atoms with Gasteiger partial charge < -0.3 is 14.4 Å². The van der Waals surface area contributed by atoms with Crippen LogP contribution in [0.5, 0.6) is 0 Å². The van der Waals surface area contributed by atoms with Crippen LogP contribution in [0.15, 0.2) is 34.9 Å².